The first-order valence-electron chi connectivity index (χ1n) is 5.02. The van der Waals surface area contributed by atoms with Gasteiger partial charge in [0, 0.05) is 22.8 Å². The van der Waals surface area contributed by atoms with Crippen molar-refractivity contribution in [3.8, 4) is 11.1 Å². The van der Waals surface area contributed by atoms with E-state index in [2.05, 4.69) is 21.0 Å². The molecule has 0 atom stereocenters. The van der Waals surface area contributed by atoms with Gasteiger partial charge in [0.05, 0.1) is 11.8 Å². The number of carbonyl (C=O) groups is 1. The first kappa shape index (κ1) is 11.9. The summed E-state index contributed by atoms with van der Waals surface area (Å²) >= 11 is 3.28. The van der Waals surface area contributed by atoms with Crippen LogP contribution in [0.1, 0.15) is 16.1 Å². The Morgan fingerprint density at radius 2 is 2.12 bits per heavy atom. The van der Waals surface area contributed by atoms with Gasteiger partial charge < -0.3 is 5.11 Å². The zero-order valence-corrected chi connectivity index (χ0v) is 11.0. The zero-order valence-electron chi connectivity index (χ0n) is 9.44. The Kier molecular flexibility index (Phi) is 3.02. The fraction of sp³-hybridized carbons (Fsp3) is 0.167. The summed E-state index contributed by atoms with van der Waals surface area (Å²) in [5, 5.41) is 13.3. The molecule has 0 saturated heterocycles. The normalized spacial score (nSPS) is 10.5. The van der Waals surface area contributed by atoms with Gasteiger partial charge in [-0.25, -0.2) is 4.79 Å². The van der Waals surface area contributed by atoms with Crippen LogP contribution in [0, 0.1) is 6.92 Å². The van der Waals surface area contributed by atoms with Gasteiger partial charge in [-0.2, -0.15) is 5.10 Å². The molecule has 0 amide bonds. The summed E-state index contributed by atoms with van der Waals surface area (Å²) in [6, 6.07) is 5.22. The van der Waals surface area contributed by atoms with Gasteiger partial charge in [-0.3, -0.25) is 4.68 Å². The zero-order chi connectivity index (χ0) is 12.6. The van der Waals surface area contributed by atoms with Gasteiger partial charge in [0.15, 0.2) is 0 Å². The lowest BCUT2D eigenvalue weighted by Crippen LogP contribution is -2.00. The molecule has 0 radical (unpaired) electrons. The van der Waals surface area contributed by atoms with Gasteiger partial charge in [-0.05, 0) is 24.6 Å². The molecule has 1 N–H and O–H groups in total. The molecular formula is C12H11BrN2O2. The number of carboxylic acid groups (broad SMARTS) is 1. The van der Waals surface area contributed by atoms with Crippen molar-refractivity contribution in [2.45, 2.75) is 6.92 Å². The number of halogens is 1. The third-order valence-corrected chi connectivity index (χ3v) is 3.23. The Labute approximate surface area is 107 Å². The Bertz CT molecular complexity index is 590. The first-order valence-corrected chi connectivity index (χ1v) is 5.82. The summed E-state index contributed by atoms with van der Waals surface area (Å²) in [6.07, 6.45) is 1.69. The summed E-state index contributed by atoms with van der Waals surface area (Å²) in [6.45, 7) is 1.91. The molecule has 0 aliphatic heterocycles. The lowest BCUT2D eigenvalue weighted by atomic mass is 10.0. The predicted octanol–water partition coefficient (Wildman–Crippen LogP) is 2.86. The van der Waals surface area contributed by atoms with Crippen molar-refractivity contribution < 1.29 is 9.90 Å². The second kappa shape index (κ2) is 4.33. The highest BCUT2D eigenvalue weighted by Crippen LogP contribution is 2.28. The number of aromatic carboxylic acids is 1. The minimum absolute atomic E-state index is 0.274. The van der Waals surface area contributed by atoms with Gasteiger partial charge in [0.1, 0.15) is 0 Å². The topological polar surface area (TPSA) is 55.1 Å². The van der Waals surface area contributed by atoms with E-state index in [4.69, 9.17) is 0 Å². The lowest BCUT2D eigenvalue weighted by molar-refractivity contribution is 0.0697. The Morgan fingerprint density at radius 3 is 2.65 bits per heavy atom. The average Bonchev–Trinajstić information content (AvgIpc) is 2.60. The molecule has 1 aromatic heterocycles. The summed E-state index contributed by atoms with van der Waals surface area (Å²) in [5.74, 6) is -0.940. The number of hydrogen-bond donors (Lipinski definition) is 1. The third-order valence-electron chi connectivity index (χ3n) is 2.74. The van der Waals surface area contributed by atoms with E-state index in [0.717, 1.165) is 15.7 Å². The molecule has 0 unspecified atom stereocenters. The van der Waals surface area contributed by atoms with Gasteiger partial charge in [0.25, 0.3) is 0 Å². The van der Waals surface area contributed by atoms with E-state index >= 15 is 0 Å². The standard InChI is InChI=1S/C12H11BrN2O2/c1-7-11(6-14-15(7)2)9-4-3-8(13)5-10(9)12(16)17/h3-6H,1-2H3,(H,16,17). The number of carboxylic acids is 1. The van der Waals surface area contributed by atoms with Crippen LogP contribution in [0.15, 0.2) is 28.9 Å². The lowest BCUT2D eigenvalue weighted by Gasteiger charge is -2.06. The van der Waals surface area contributed by atoms with E-state index < -0.39 is 5.97 Å². The van der Waals surface area contributed by atoms with Crippen LogP contribution in [0.2, 0.25) is 0 Å². The summed E-state index contributed by atoms with van der Waals surface area (Å²) in [7, 11) is 1.83. The molecule has 5 heteroatoms. The Hall–Kier alpha value is -1.62. The quantitative estimate of drug-likeness (QED) is 0.927. The molecular weight excluding hydrogens is 284 g/mol. The molecule has 0 aliphatic carbocycles. The van der Waals surface area contributed by atoms with Crippen molar-refractivity contribution in [3.05, 3.63) is 40.1 Å². The largest absolute Gasteiger partial charge is 0.478 e. The summed E-state index contributed by atoms with van der Waals surface area (Å²) in [5.41, 5.74) is 2.74. The minimum atomic E-state index is -0.940. The number of benzene rings is 1. The fourth-order valence-electron chi connectivity index (χ4n) is 1.69. The monoisotopic (exact) mass is 294 g/mol. The molecule has 1 aromatic carbocycles. The maximum absolute atomic E-state index is 11.2. The maximum atomic E-state index is 11.2. The van der Waals surface area contributed by atoms with Crippen molar-refractivity contribution in [2.24, 2.45) is 7.05 Å². The molecule has 88 valence electrons. The van der Waals surface area contributed by atoms with Crippen LogP contribution in [0.4, 0.5) is 0 Å². The molecule has 4 nitrogen and oxygen atoms in total. The van der Waals surface area contributed by atoms with Gasteiger partial charge >= 0.3 is 5.97 Å². The van der Waals surface area contributed by atoms with E-state index in [1.807, 2.05) is 20.0 Å². The van der Waals surface area contributed by atoms with Crippen LogP contribution in [0.25, 0.3) is 11.1 Å². The highest BCUT2D eigenvalue weighted by atomic mass is 79.9. The van der Waals surface area contributed by atoms with Crippen LogP contribution in [0.3, 0.4) is 0 Å². The molecule has 2 rings (SSSR count). The van der Waals surface area contributed by atoms with E-state index in [1.54, 1.807) is 23.0 Å². The van der Waals surface area contributed by atoms with E-state index in [9.17, 15) is 9.90 Å². The van der Waals surface area contributed by atoms with Crippen molar-refractivity contribution in [1.82, 2.24) is 9.78 Å². The van der Waals surface area contributed by atoms with Crippen LogP contribution < -0.4 is 0 Å². The van der Waals surface area contributed by atoms with Crippen LogP contribution >= 0.6 is 15.9 Å². The summed E-state index contributed by atoms with van der Waals surface area (Å²) in [4.78, 5) is 11.2. The third kappa shape index (κ3) is 2.10. The number of aromatic nitrogens is 2. The molecule has 0 saturated carbocycles. The molecule has 0 spiro atoms. The minimum Gasteiger partial charge on any atom is -0.478 e. The van der Waals surface area contributed by atoms with Crippen LogP contribution in [0.5, 0.6) is 0 Å². The first-order chi connectivity index (χ1) is 8.00. The predicted molar refractivity (Wildman–Crippen MR) is 68.0 cm³/mol. The second-order valence-electron chi connectivity index (χ2n) is 3.76. The Morgan fingerprint density at radius 1 is 1.41 bits per heavy atom. The van der Waals surface area contributed by atoms with E-state index in [-0.39, 0.29) is 5.56 Å². The smallest absolute Gasteiger partial charge is 0.336 e. The molecule has 0 bridgehead atoms. The van der Waals surface area contributed by atoms with Crippen molar-refractivity contribution in [1.29, 1.82) is 0 Å². The fourth-order valence-corrected chi connectivity index (χ4v) is 2.05. The van der Waals surface area contributed by atoms with Gasteiger partial charge in [0.2, 0.25) is 0 Å². The summed E-state index contributed by atoms with van der Waals surface area (Å²) < 4.78 is 2.48. The number of nitrogens with zero attached hydrogens (tertiary/aromatic N) is 2. The number of rotatable bonds is 2. The van der Waals surface area contributed by atoms with Crippen molar-refractivity contribution in [2.75, 3.05) is 0 Å². The highest BCUT2D eigenvalue weighted by molar-refractivity contribution is 9.10. The molecule has 0 fully saturated rings. The average molecular weight is 295 g/mol. The van der Waals surface area contributed by atoms with E-state index in [0.29, 0.717) is 5.56 Å². The van der Waals surface area contributed by atoms with Gasteiger partial charge in [-0.1, -0.05) is 22.0 Å². The maximum Gasteiger partial charge on any atom is 0.336 e. The second-order valence-corrected chi connectivity index (χ2v) is 4.68. The SMILES string of the molecule is Cc1c(-c2ccc(Br)cc2C(=O)O)cnn1C. The number of hydrogen-bond acceptors (Lipinski definition) is 2. The van der Waals surface area contributed by atoms with E-state index in [1.165, 1.54) is 0 Å². The molecule has 17 heavy (non-hydrogen) atoms. The molecule has 1 heterocycles. The van der Waals surface area contributed by atoms with Crippen molar-refractivity contribution in [3.63, 3.8) is 0 Å². The van der Waals surface area contributed by atoms with Crippen LogP contribution in [-0.4, -0.2) is 20.9 Å². The van der Waals surface area contributed by atoms with Crippen molar-refractivity contribution >= 4 is 21.9 Å². The number of aryl methyl sites for hydroxylation is 1. The molecule has 0 aliphatic rings. The Balaban J connectivity index is 2.67. The van der Waals surface area contributed by atoms with Gasteiger partial charge in [-0.15, -0.1) is 0 Å². The van der Waals surface area contributed by atoms with Crippen LogP contribution in [-0.2, 0) is 7.05 Å². The highest BCUT2D eigenvalue weighted by Gasteiger charge is 2.15. The molecule has 2 aromatic rings.